The molecular weight excluding hydrogens is 378 g/mol. The summed E-state index contributed by atoms with van der Waals surface area (Å²) in [6.07, 6.45) is -1.21. The van der Waals surface area contributed by atoms with Gasteiger partial charge in [-0.25, -0.2) is 13.8 Å². The van der Waals surface area contributed by atoms with Gasteiger partial charge in [-0.2, -0.15) is 0 Å². The first kappa shape index (κ1) is 19.6. The van der Waals surface area contributed by atoms with E-state index in [4.69, 9.17) is 0 Å². The molecule has 2 aromatic rings. The number of carbonyl (C=O) groups excluding carboxylic acids is 2. The second-order valence-corrected chi connectivity index (χ2v) is 7.94. The van der Waals surface area contributed by atoms with Gasteiger partial charge in [-0.15, -0.1) is 0 Å². The molecule has 0 aliphatic heterocycles. The summed E-state index contributed by atoms with van der Waals surface area (Å²) in [5, 5.41) is 13.1. The van der Waals surface area contributed by atoms with Crippen molar-refractivity contribution in [2.24, 2.45) is 17.8 Å². The van der Waals surface area contributed by atoms with E-state index >= 15 is 0 Å². The number of rotatable bonds is 6. The Labute approximate surface area is 167 Å². The van der Waals surface area contributed by atoms with Crippen LogP contribution < -0.4 is 5.32 Å². The lowest BCUT2D eigenvalue weighted by atomic mass is 9.98. The largest absolute Gasteiger partial charge is 0.382 e. The van der Waals surface area contributed by atoms with Crippen molar-refractivity contribution in [3.8, 4) is 0 Å². The number of hydrogen-bond donors (Lipinski definition) is 2. The Balaban J connectivity index is 1.58. The highest BCUT2D eigenvalue weighted by atomic mass is 19.3. The molecule has 0 radical (unpaired) electrons. The first-order valence-electron chi connectivity index (χ1n) is 9.67. The Morgan fingerprint density at radius 3 is 2.48 bits per heavy atom. The van der Waals surface area contributed by atoms with Gasteiger partial charge in [0, 0.05) is 31.9 Å². The van der Waals surface area contributed by atoms with Crippen molar-refractivity contribution in [2.75, 3.05) is 7.05 Å². The number of aliphatic hydroxyl groups excluding tert-OH is 1. The molecule has 0 bridgehead atoms. The quantitative estimate of drug-likeness (QED) is 0.729. The van der Waals surface area contributed by atoms with Gasteiger partial charge in [0.25, 0.3) is 5.91 Å². The van der Waals surface area contributed by atoms with Gasteiger partial charge in [-0.05, 0) is 35.4 Å². The highest BCUT2D eigenvalue weighted by Crippen LogP contribution is 2.63. The van der Waals surface area contributed by atoms with Crippen molar-refractivity contribution in [1.82, 2.24) is 10.3 Å². The molecule has 1 heterocycles. The maximum Gasteiger partial charge on any atom is 0.269 e. The molecule has 4 rings (SSSR count). The third-order valence-corrected chi connectivity index (χ3v) is 6.02. The van der Waals surface area contributed by atoms with Crippen LogP contribution in [0.25, 0.3) is 0 Å². The van der Waals surface area contributed by atoms with E-state index in [0.29, 0.717) is 5.56 Å². The summed E-state index contributed by atoms with van der Waals surface area (Å²) in [6.45, 7) is 0. The molecule has 2 aliphatic carbocycles. The fourth-order valence-electron chi connectivity index (χ4n) is 4.44. The number of benzene rings is 1. The second kappa shape index (κ2) is 7.30. The first-order chi connectivity index (χ1) is 13.8. The lowest BCUT2D eigenvalue weighted by Crippen LogP contribution is -2.21. The van der Waals surface area contributed by atoms with Gasteiger partial charge < -0.3 is 10.4 Å². The molecule has 152 valence electrons. The Kier molecular flexibility index (Phi) is 4.94. The average molecular weight is 400 g/mol. The van der Waals surface area contributed by atoms with Crippen molar-refractivity contribution in [3.05, 3.63) is 65.0 Å². The Morgan fingerprint density at radius 2 is 1.86 bits per heavy atom. The summed E-state index contributed by atoms with van der Waals surface area (Å²) in [5.74, 6) is -3.51. The number of carbonyl (C=O) groups is 2. The molecule has 4 atom stereocenters. The number of aliphatic hydroxyl groups is 1. The molecule has 1 aromatic carbocycles. The van der Waals surface area contributed by atoms with Crippen LogP contribution >= 0.6 is 0 Å². The lowest BCUT2D eigenvalue weighted by molar-refractivity contribution is -0.00848. The van der Waals surface area contributed by atoms with Crippen molar-refractivity contribution >= 4 is 11.7 Å². The van der Waals surface area contributed by atoms with E-state index in [9.17, 15) is 23.5 Å². The monoisotopic (exact) mass is 400 g/mol. The number of amides is 1. The van der Waals surface area contributed by atoms with Crippen LogP contribution in [0.4, 0.5) is 8.78 Å². The number of halogens is 2. The van der Waals surface area contributed by atoms with Gasteiger partial charge >= 0.3 is 0 Å². The number of hydrogen-bond acceptors (Lipinski definition) is 4. The number of aromatic nitrogens is 1. The van der Waals surface area contributed by atoms with Gasteiger partial charge in [-0.3, -0.25) is 9.59 Å². The third-order valence-electron chi connectivity index (χ3n) is 6.02. The molecular formula is C22H22F2N2O3. The predicted octanol–water partition coefficient (Wildman–Crippen LogP) is 3.39. The number of alkyl halides is 2. The maximum absolute atomic E-state index is 13.4. The van der Waals surface area contributed by atoms with E-state index in [-0.39, 0.29) is 59.8 Å². The molecule has 0 spiro atoms. The molecule has 2 aliphatic rings. The number of nitrogens with zero attached hydrogens (tertiary/aromatic N) is 1. The molecule has 1 amide bonds. The minimum Gasteiger partial charge on any atom is -0.382 e. The van der Waals surface area contributed by atoms with Crippen molar-refractivity contribution in [2.45, 2.75) is 31.3 Å². The zero-order valence-electron chi connectivity index (χ0n) is 15.9. The minimum absolute atomic E-state index is 0.0266. The molecule has 5 nitrogen and oxygen atoms in total. The minimum atomic E-state index is -2.61. The fourth-order valence-corrected chi connectivity index (χ4v) is 4.44. The average Bonchev–Trinajstić information content (AvgIpc) is 3.19. The van der Waals surface area contributed by atoms with Crippen molar-refractivity contribution in [3.63, 3.8) is 0 Å². The summed E-state index contributed by atoms with van der Waals surface area (Å²) in [5.41, 5.74) is 1.08. The highest BCUT2D eigenvalue weighted by molar-refractivity contribution is 6.00. The van der Waals surface area contributed by atoms with Gasteiger partial charge in [0.1, 0.15) is 11.8 Å². The van der Waals surface area contributed by atoms with Gasteiger partial charge in [0.2, 0.25) is 5.92 Å². The topological polar surface area (TPSA) is 79.3 Å². The van der Waals surface area contributed by atoms with E-state index < -0.39 is 17.9 Å². The zero-order valence-corrected chi connectivity index (χ0v) is 15.9. The molecule has 7 heteroatoms. The second-order valence-electron chi connectivity index (χ2n) is 7.94. The van der Waals surface area contributed by atoms with Crippen LogP contribution in [0.3, 0.4) is 0 Å². The highest BCUT2D eigenvalue weighted by Gasteiger charge is 2.62. The smallest absolute Gasteiger partial charge is 0.269 e. The summed E-state index contributed by atoms with van der Waals surface area (Å²) >= 11 is 0. The standard InChI is InChI=1S/C22H22F2N2O3/c1-25-21(29)18-8-13(7-17(26-18)20(28)12-5-3-2-4-6-12)19(27)9-14-15-10-22(23,24)11-16(14)15/h2-8,14-16,20,28H,9-11H2,1H3,(H,25,29)/t14?,15-,16+,20?. The SMILES string of the molecule is CNC(=O)c1cc(C(=O)CC2[C@H]3CC(F)(F)C[C@@H]23)cc(C(O)c2ccccc2)n1. The van der Waals surface area contributed by atoms with Gasteiger partial charge in [-0.1, -0.05) is 30.3 Å². The number of Topliss-reactive ketones (excluding diaryl/α,β-unsaturated/α-hetero) is 1. The van der Waals surface area contributed by atoms with Crippen molar-refractivity contribution < 1.29 is 23.5 Å². The molecule has 29 heavy (non-hydrogen) atoms. The molecule has 2 saturated carbocycles. The third kappa shape index (κ3) is 3.92. The Bertz CT molecular complexity index is 934. The molecule has 2 unspecified atom stereocenters. The predicted molar refractivity (Wildman–Crippen MR) is 102 cm³/mol. The van der Waals surface area contributed by atoms with Crippen LogP contribution in [0.5, 0.6) is 0 Å². The van der Waals surface area contributed by atoms with E-state index in [1.807, 2.05) is 6.07 Å². The zero-order chi connectivity index (χ0) is 20.8. The number of nitrogens with one attached hydrogen (secondary N) is 1. The number of fused-ring (bicyclic) bond motifs is 1. The number of ketones is 1. The molecule has 1 aromatic heterocycles. The van der Waals surface area contributed by atoms with E-state index in [2.05, 4.69) is 10.3 Å². The Morgan fingerprint density at radius 1 is 1.21 bits per heavy atom. The van der Waals surface area contributed by atoms with Crippen LogP contribution in [0.15, 0.2) is 42.5 Å². The van der Waals surface area contributed by atoms with Gasteiger partial charge in [0.05, 0.1) is 5.69 Å². The summed E-state index contributed by atoms with van der Waals surface area (Å²) in [6, 6.07) is 11.7. The van der Waals surface area contributed by atoms with Crippen molar-refractivity contribution in [1.29, 1.82) is 0 Å². The summed E-state index contributed by atoms with van der Waals surface area (Å²) < 4.78 is 26.8. The Hall–Kier alpha value is -2.67. The molecule has 0 saturated heterocycles. The van der Waals surface area contributed by atoms with Crippen LogP contribution in [0.2, 0.25) is 0 Å². The van der Waals surface area contributed by atoms with E-state index in [1.54, 1.807) is 24.3 Å². The van der Waals surface area contributed by atoms with E-state index in [1.165, 1.54) is 19.2 Å². The van der Waals surface area contributed by atoms with E-state index in [0.717, 1.165) is 0 Å². The summed E-state index contributed by atoms with van der Waals surface area (Å²) in [4.78, 5) is 29.2. The van der Waals surface area contributed by atoms with Crippen LogP contribution in [0, 0.1) is 17.8 Å². The molecule has 2 N–H and O–H groups in total. The van der Waals surface area contributed by atoms with Gasteiger partial charge in [0.15, 0.2) is 5.78 Å². The summed E-state index contributed by atoms with van der Waals surface area (Å²) in [7, 11) is 1.46. The molecule has 2 fully saturated rings. The lowest BCUT2D eigenvalue weighted by Gasteiger charge is -2.15. The number of pyridine rings is 1. The normalized spacial score (nSPS) is 25.2. The first-order valence-corrected chi connectivity index (χ1v) is 9.67. The van der Waals surface area contributed by atoms with Crippen LogP contribution in [-0.2, 0) is 0 Å². The fraction of sp³-hybridized carbons (Fsp3) is 0.409. The van der Waals surface area contributed by atoms with Crippen LogP contribution in [0.1, 0.15) is 57.5 Å². The van der Waals surface area contributed by atoms with Crippen LogP contribution in [-0.4, -0.2) is 34.8 Å². The maximum atomic E-state index is 13.4.